The van der Waals surface area contributed by atoms with E-state index in [0.717, 1.165) is 25.7 Å². The third kappa shape index (κ3) is 52.7. The van der Waals surface area contributed by atoms with Crippen molar-refractivity contribution >= 4 is 48.2 Å². The van der Waals surface area contributed by atoms with E-state index in [2.05, 4.69) is 13.8 Å². The van der Waals surface area contributed by atoms with Crippen molar-refractivity contribution in [2.24, 2.45) is 0 Å². The SMILES string of the molecule is CCCCCCCCCCCCCCCCCC(=O)O.CCCCCCCCCCCCCCCCCC(=O)O.[AlH3].[LiH]. The van der Waals surface area contributed by atoms with Crippen LogP contribution in [0.15, 0.2) is 0 Å². The number of hydrogen-bond donors (Lipinski definition) is 2. The molecule has 4 nitrogen and oxygen atoms in total. The van der Waals surface area contributed by atoms with Gasteiger partial charge in [0, 0.05) is 12.8 Å². The number of carbonyl (C=O) groups is 2. The topological polar surface area (TPSA) is 74.6 Å². The van der Waals surface area contributed by atoms with Crippen molar-refractivity contribution < 1.29 is 19.8 Å². The van der Waals surface area contributed by atoms with Gasteiger partial charge in [-0.1, -0.05) is 194 Å². The van der Waals surface area contributed by atoms with Crippen LogP contribution < -0.4 is 0 Å². The number of carboxylic acids is 2. The van der Waals surface area contributed by atoms with Crippen LogP contribution in [0.3, 0.4) is 0 Å². The van der Waals surface area contributed by atoms with Gasteiger partial charge in [0.1, 0.15) is 0 Å². The summed E-state index contributed by atoms with van der Waals surface area (Å²) in [6.45, 7) is 4.54. The maximum atomic E-state index is 10.3. The van der Waals surface area contributed by atoms with Crippen LogP contribution in [0, 0.1) is 0 Å². The maximum absolute atomic E-state index is 10.3. The fourth-order valence-electron chi connectivity index (χ4n) is 5.30. The summed E-state index contributed by atoms with van der Waals surface area (Å²) in [5, 5.41) is 17.0. The molecule has 2 N–H and O–H groups in total. The standard InChI is InChI=1S/2C18H36O2.Al.Li.4H/c2*1-2-3-4-5-6-7-8-9-10-11-12-13-14-15-16-17-18(19)20;;;;;;/h2*2-17H2,1H3,(H,19,20);;;;;;. The summed E-state index contributed by atoms with van der Waals surface area (Å²) in [5.41, 5.74) is 0. The molecule has 6 heteroatoms. The summed E-state index contributed by atoms with van der Waals surface area (Å²) in [7, 11) is 0. The number of carboxylic acid groups (broad SMARTS) is 2. The molecule has 248 valence electrons. The van der Waals surface area contributed by atoms with E-state index in [1.807, 2.05) is 0 Å². The van der Waals surface area contributed by atoms with Gasteiger partial charge < -0.3 is 10.2 Å². The van der Waals surface area contributed by atoms with Gasteiger partial charge >= 0.3 is 30.8 Å². The predicted molar refractivity (Wildman–Crippen MR) is 191 cm³/mol. The molecule has 0 aromatic rings. The molecule has 0 unspecified atom stereocenters. The van der Waals surface area contributed by atoms with Gasteiger partial charge in [0.2, 0.25) is 0 Å². The van der Waals surface area contributed by atoms with Crippen molar-refractivity contribution in [1.82, 2.24) is 0 Å². The Balaban J connectivity index is -0.000000328. The summed E-state index contributed by atoms with van der Waals surface area (Å²) in [6.07, 6.45) is 40.4. The van der Waals surface area contributed by atoms with Crippen LogP contribution in [0.2, 0.25) is 0 Å². The molecule has 0 bridgehead atoms. The molecule has 0 fully saturated rings. The Kier molecular flexibility index (Phi) is 53.0. The minimum atomic E-state index is -0.653. The van der Waals surface area contributed by atoms with Gasteiger partial charge in [-0.25, -0.2) is 0 Å². The Morgan fingerprint density at radius 2 is 0.476 bits per heavy atom. The van der Waals surface area contributed by atoms with Crippen LogP contribution in [-0.2, 0) is 9.59 Å². The second-order valence-electron chi connectivity index (χ2n) is 12.2. The molecule has 42 heavy (non-hydrogen) atoms. The Morgan fingerprint density at radius 1 is 0.333 bits per heavy atom. The fourth-order valence-corrected chi connectivity index (χ4v) is 5.30. The van der Waals surface area contributed by atoms with E-state index >= 15 is 0 Å². The van der Waals surface area contributed by atoms with Crippen molar-refractivity contribution in [3.63, 3.8) is 0 Å². The zero-order valence-corrected chi connectivity index (χ0v) is 27.3. The van der Waals surface area contributed by atoms with E-state index < -0.39 is 11.9 Å². The van der Waals surface area contributed by atoms with Crippen LogP contribution >= 0.6 is 0 Å². The fraction of sp³-hybridized carbons (Fsp3) is 0.944. The first-order valence-electron chi connectivity index (χ1n) is 18.0. The number of rotatable bonds is 32. The van der Waals surface area contributed by atoms with E-state index in [0.29, 0.717) is 12.8 Å². The third-order valence-corrected chi connectivity index (χ3v) is 7.99. The molecular formula is C36H76AlLiO4. The molecular weight excluding hydrogens is 530 g/mol. The summed E-state index contributed by atoms with van der Waals surface area (Å²) in [4.78, 5) is 20.7. The van der Waals surface area contributed by atoms with E-state index in [9.17, 15) is 9.59 Å². The Hall–Kier alpha value is 0.0699. The first-order valence-corrected chi connectivity index (χ1v) is 18.0. The Morgan fingerprint density at radius 3 is 0.619 bits per heavy atom. The van der Waals surface area contributed by atoms with Gasteiger partial charge in [-0.05, 0) is 12.8 Å². The van der Waals surface area contributed by atoms with Crippen LogP contribution in [-0.4, -0.2) is 58.4 Å². The molecule has 0 rings (SSSR count). The summed E-state index contributed by atoms with van der Waals surface area (Å²) >= 11 is 0. The molecule has 0 aliphatic heterocycles. The van der Waals surface area contributed by atoms with Gasteiger partial charge in [-0.15, -0.1) is 0 Å². The third-order valence-electron chi connectivity index (χ3n) is 7.99. The van der Waals surface area contributed by atoms with Crippen molar-refractivity contribution in [2.75, 3.05) is 0 Å². The van der Waals surface area contributed by atoms with Gasteiger partial charge in [0.25, 0.3) is 0 Å². The number of unbranched alkanes of at least 4 members (excludes halogenated alkanes) is 28. The molecule has 0 spiro atoms. The summed E-state index contributed by atoms with van der Waals surface area (Å²) in [5.74, 6) is -1.31. The molecule has 0 aromatic carbocycles. The average molecular weight is 607 g/mol. The molecule has 0 saturated heterocycles. The predicted octanol–water partition coefficient (Wildman–Crippen LogP) is 10.8. The Labute approximate surface area is 286 Å². The van der Waals surface area contributed by atoms with E-state index in [1.54, 1.807) is 0 Å². The first kappa shape index (κ1) is 49.0. The Bertz CT molecular complexity index is 461. The van der Waals surface area contributed by atoms with E-state index in [-0.39, 0.29) is 36.2 Å². The molecule has 0 aromatic heterocycles. The van der Waals surface area contributed by atoms with Crippen molar-refractivity contribution in [3.8, 4) is 0 Å². The molecule has 0 aliphatic rings. The van der Waals surface area contributed by atoms with Crippen LogP contribution in [0.25, 0.3) is 0 Å². The molecule has 0 radical (unpaired) electrons. The van der Waals surface area contributed by atoms with Gasteiger partial charge in [0.15, 0.2) is 17.4 Å². The minimum absolute atomic E-state index is 0. The summed E-state index contributed by atoms with van der Waals surface area (Å²) in [6, 6.07) is 0. The quantitative estimate of drug-likeness (QED) is 0.0590. The molecule has 0 atom stereocenters. The van der Waals surface area contributed by atoms with Crippen LogP contribution in [0.1, 0.15) is 219 Å². The van der Waals surface area contributed by atoms with Crippen molar-refractivity contribution in [1.29, 1.82) is 0 Å². The van der Waals surface area contributed by atoms with E-state index in [4.69, 9.17) is 10.2 Å². The van der Waals surface area contributed by atoms with Gasteiger partial charge in [-0.2, -0.15) is 0 Å². The zero-order valence-electron chi connectivity index (χ0n) is 27.3. The van der Waals surface area contributed by atoms with Gasteiger partial charge in [-0.3, -0.25) is 9.59 Å². The normalized spacial score (nSPS) is 10.3. The molecule has 0 amide bonds. The second kappa shape index (κ2) is 45.5. The van der Waals surface area contributed by atoms with Crippen LogP contribution in [0.4, 0.5) is 0 Å². The number of aliphatic carboxylic acids is 2. The zero-order chi connectivity index (χ0) is 29.8. The van der Waals surface area contributed by atoms with Crippen molar-refractivity contribution in [2.45, 2.75) is 219 Å². The number of hydrogen-bond acceptors (Lipinski definition) is 2. The first-order chi connectivity index (χ1) is 19.5. The van der Waals surface area contributed by atoms with Crippen LogP contribution in [0.5, 0.6) is 0 Å². The second-order valence-corrected chi connectivity index (χ2v) is 12.2. The van der Waals surface area contributed by atoms with Gasteiger partial charge in [0.05, 0.1) is 0 Å². The molecule has 0 aliphatic carbocycles. The van der Waals surface area contributed by atoms with Crippen molar-refractivity contribution in [3.05, 3.63) is 0 Å². The van der Waals surface area contributed by atoms with E-state index in [1.165, 1.54) is 167 Å². The molecule has 0 saturated carbocycles. The molecule has 0 heterocycles. The average Bonchev–Trinajstić information content (AvgIpc) is 2.93. The monoisotopic (exact) mass is 607 g/mol. The summed E-state index contributed by atoms with van der Waals surface area (Å²) < 4.78 is 0.